The minimum absolute atomic E-state index is 0.00457. The molecule has 12 nitrogen and oxygen atoms in total. The molecular weight excluding hydrogens is 452 g/mol. The highest BCUT2D eigenvalue weighted by Gasteiger charge is 2.21. The highest BCUT2D eigenvalue weighted by atomic mass is 16.2. The van der Waals surface area contributed by atoms with Crippen LogP contribution in [-0.2, 0) is 25.6 Å². The van der Waals surface area contributed by atoms with E-state index in [2.05, 4.69) is 20.9 Å². The molecule has 0 bridgehead atoms. The van der Waals surface area contributed by atoms with Gasteiger partial charge in [0, 0.05) is 19.4 Å². The van der Waals surface area contributed by atoms with Crippen LogP contribution in [0, 0.1) is 5.41 Å². The number of hydrogen-bond acceptors (Lipinski definition) is 6. The van der Waals surface area contributed by atoms with Crippen molar-refractivity contribution in [1.29, 1.82) is 5.41 Å². The third-order valence-electron chi connectivity index (χ3n) is 4.98. The smallest absolute Gasteiger partial charge is 0.243 e. The summed E-state index contributed by atoms with van der Waals surface area (Å²) in [5.74, 6) is -1.44. The Morgan fingerprint density at radius 1 is 0.971 bits per heavy atom. The number of carbonyl (C=O) groups excluding carboxylic acids is 4. The normalized spacial score (nSPS) is 12.0. The SMILES string of the molecule is N=C(N)CCC[C@@H](C=O)NC(=O)CNC(=O)[C@@H](CCCN=C(N)N)NC(=O)CCc1ccccc1. The first-order valence-corrected chi connectivity index (χ1v) is 11.4. The van der Waals surface area contributed by atoms with Gasteiger partial charge >= 0.3 is 0 Å². The number of carbonyl (C=O) groups is 4. The predicted octanol–water partition coefficient (Wildman–Crippen LogP) is -0.936. The van der Waals surface area contributed by atoms with Gasteiger partial charge in [-0.05, 0) is 37.7 Å². The molecule has 0 fully saturated rings. The van der Waals surface area contributed by atoms with Crippen LogP contribution in [0.3, 0.4) is 0 Å². The third-order valence-corrected chi connectivity index (χ3v) is 4.98. The van der Waals surface area contributed by atoms with Crippen LogP contribution in [0.2, 0.25) is 0 Å². The van der Waals surface area contributed by atoms with E-state index in [1.54, 1.807) is 0 Å². The Kier molecular flexibility index (Phi) is 13.8. The number of aldehydes is 1. The second-order valence-corrected chi connectivity index (χ2v) is 8.00. The molecule has 0 aliphatic carbocycles. The Labute approximate surface area is 205 Å². The van der Waals surface area contributed by atoms with Crippen molar-refractivity contribution in [2.75, 3.05) is 13.1 Å². The zero-order valence-electron chi connectivity index (χ0n) is 19.8. The maximum atomic E-state index is 12.7. The molecule has 1 rings (SSSR count). The molecule has 3 amide bonds. The van der Waals surface area contributed by atoms with Gasteiger partial charge in [-0.1, -0.05) is 30.3 Å². The van der Waals surface area contributed by atoms with Gasteiger partial charge in [-0.25, -0.2) is 0 Å². The summed E-state index contributed by atoms with van der Waals surface area (Å²) >= 11 is 0. The zero-order chi connectivity index (χ0) is 26.1. The molecule has 0 saturated carbocycles. The first-order chi connectivity index (χ1) is 16.7. The Hall–Kier alpha value is -3.96. The minimum Gasteiger partial charge on any atom is -0.388 e. The van der Waals surface area contributed by atoms with E-state index < -0.39 is 23.9 Å². The number of nitrogens with zero attached hydrogens (tertiary/aromatic N) is 1. The van der Waals surface area contributed by atoms with E-state index in [1.807, 2.05) is 30.3 Å². The maximum absolute atomic E-state index is 12.7. The van der Waals surface area contributed by atoms with E-state index in [-0.39, 0.29) is 43.6 Å². The second-order valence-electron chi connectivity index (χ2n) is 8.00. The molecule has 12 heteroatoms. The third kappa shape index (κ3) is 14.0. The molecule has 0 spiro atoms. The van der Waals surface area contributed by atoms with E-state index >= 15 is 0 Å². The molecule has 192 valence electrons. The van der Waals surface area contributed by atoms with Crippen molar-refractivity contribution in [3.05, 3.63) is 35.9 Å². The number of benzene rings is 1. The van der Waals surface area contributed by atoms with Crippen molar-refractivity contribution in [3.63, 3.8) is 0 Å². The quantitative estimate of drug-likeness (QED) is 0.0631. The fourth-order valence-electron chi connectivity index (χ4n) is 3.18. The van der Waals surface area contributed by atoms with Crippen molar-refractivity contribution < 1.29 is 19.2 Å². The number of hydrogen-bond donors (Lipinski definition) is 7. The van der Waals surface area contributed by atoms with Gasteiger partial charge in [-0.2, -0.15) is 0 Å². The van der Waals surface area contributed by atoms with Gasteiger partial charge < -0.3 is 37.9 Å². The molecule has 1 aromatic rings. The first kappa shape index (κ1) is 29.1. The fraction of sp³-hybridized carbons (Fsp3) is 0.478. The van der Waals surface area contributed by atoms with E-state index in [1.165, 1.54) is 0 Å². The zero-order valence-corrected chi connectivity index (χ0v) is 19.8. The van der Waals surface area contributed by atoms with Crippen LogP contribution in [-0.4, -0.2) is 61.0 Å². The summed E-state index contributed by atoms with van der Waals surface area (Å²) in [5.41, 5.74) is 16.9. The summed E-state index contributed by atoms with van der Waals surface area (Å²) < 4.78 is 0. The van der Waals surface area contributed by atoms with Gasteiger partial charge in [-0.3, -0.25) is 24.8 Å². The number of amidine groups is 1. The lowest BCUT2D eigenvalue weighted by molar-refractivity contribution is -0.130. The Morgan fingerprint density at radius 2 is 1.69 bits per heavy atom. The summed E-state index contributed by atoms with van der Waals surface area (Å²) in [6.45, 7) is -0.0755. The van der Waals surface area contributed by atoms with Crippen LogP contribution in [0.5, 0.6) is 0 Å². The highest BCUT2D eigenvalue weighted by molar-refractivity contribution is 5.91. The van der Waals surface area contributed by atoms with Crippen LogP contribution in [0.1, 0.15) is 44.1 Å². The Bertz CT molecular complexity index is 872. The predicted molar refractivity (Wildman–Crippen MR) is 133 cm³/mol. The molecule has 0 aromatic heterocycles. The summed E-state index contributed by atoms with van der Waals surface area (Å²) in [7, 11) is 0. The topological polar surface area (TPSA) is 219 Å². The van der Waals surface area contributed by atoms with Gasteiger partial charge in [0.05, 0.1) is 18.4 Å². The first-order valence-electron chi connectivity index (χ1n) is 11.4. The summed E-state index contributed by atoms with van der Waals surface area (Å²) in [6, 6.07) is 7.87. The van der Waals surface area contributed by atoms with Gasteiger partial charge in [0.2, 0.25) is 17.7 Å². The van der Waals surface area contributed by atoms with Gasteiger partial charge in [0.1, 0.15) is 12.3 Å². The van der Waals surface area contributed by atoms with Gasteiger partial charge in [0.25, 0.3) is 0 Å². The number of nitrogens with two attached hydrogens (primary N) is 3. The molecule has 1 aromatic carbocycles. The van der Waals surface area contributed by atoms with E-state index in [9.17, 15) is 19.2 Å². The van der Waals surface area contributed by atoms with Crippen LogP contribution in [0.4, 0.5) is 0 Å². The number of aliphatic imine (C=N–C) groups is 1. The van der Waals surface area contributed by atoms with Gasteiger partial charge in [-0.15, -0.1) is 0 Å². The standard InChI is InChI=1S/C23H36N8O4/c24-19(25)10-4-8-17(15-32)30-21(34)14-29-22(35)18(9-5-13-28-23(26)27)31-20(33)12-11-16-6-2-1-3-7-16/h1-3,6-7,15,17-18H,4-5,8-14H2,(H3,24,25)(H,29,35)(H,30,34)(H,31,33)(H4,26,27,28)/t17-,18+/m0/s1. The van der Waals surface area contributed by atoms with Crippen LogP contribution in [0.25, 0.3) is 0 Å². The number of aryl methyl sites for hydroxylation is 1. The summed E-state index contributed by atoms with van der Waals surface area (Å²) in [5, 5.41) is 14.9. The minimum atomic E-state index is -0.877. The van der Waals surface area contributed by atoms with Crippen LogP contribution in [0.15, 0.2) is 35.3 Å². The molecule has 0 saturated heterocycles. The molecule has 35 heavy (non-hydrogen) atoms. The van der Waals surface area contributed by atoms with Crippen LogP contribution >= 0.6 is 0 Å². The number of amides is 3. The number of rotatable bonds is 17. The van der Waals surface area contributed by atoms with E-state index in [0.717, 1.165) is 5.56 Å². The van der Waals surface area contributed by atoms with Crippen molar-refractivity contribution in [2.45, 2.75) is 57.0 Å². The van der Waals surface area contributed by atoms with Gasteiger partial charge in [0.15, 0.2) is 5.96 Å². The maximum Gasteiger partial charge on any atom is 0.243 e. The van der Waals surface area contributed by atoms with Crippen molar-refractivity contribution >= 4 is 35.8 Å². The van der Waals surface area contributed by atoms with E-state index in [4.69, 9.17) is 22.6 Å². The molecule has 10 N–H and O–H groups in total. The molecular formula is C23H36N8O4. The largest absolute Gasteiger partial charge is 0.388 e. The lowest BCUT2D eigenvalue weighted by atomic mass is 10.1. The molecule has 0 radical (unpaired) electrons. The van der Waals surface area contributed by atoms with Crippen molar-refractivity contribution in [3.8, 4) is 0 Å². The summed E-state index contributed by atoms with van der Waals surface area (Å²) in [4.78, 5) is 52.4. The molecule has 0 unspecified atom stereocenters. The second kappa shape index (κ2) is 16.6. The fourth-order valence-corrected chi connectivity index (χ4v) is 3.18. The lowest BCUT2D eigenvalue weighted by Crippen LogP contribution is -2.50. The molecule has 2 atom stereocenters. The Balaban J connectivity index is 2.59. The van der Waals surface area contributed by atoms with Crippen molar-refractivity contribution in [2.24, 2.45) is 22.2 Å². The molecule has 0 heterocycles. The number of nitrogens with one attached hydrogen (secondary N) is 4. The van der Waals surface area contributed by atoms with Crippen molar-refractivity contribution in [1.82, 2.24) is 16.0 Å². The number of guanidine groups is 1. The summed E-state index contributed by atoms with van der Waals surface area (Å²) in [6.07, 6.45) is 3.14. The Morgan fingerprint density at radius 3 is 2.31 bits per heavy atom. The van der Waals surface area contributed by atoms with E-state index in [0.29, 0.717) is 38.4 Å². The monoisotopic (exact) mass is 488 g/mol. The highest BCUT2D eigenvalue weighted by Crippen LogP contribution is 2.04. The molecule has 0 aliphatic rings. The lowest BCUT2D eigenvalue weighted by Gasteiger charge is -2.19. The van der Waals surface area contributed by atoms with Crippen LogP contribution < -0.4 is 33.2 Å². The average molecular weight is 489 g/mol. The average Bonchev–Trinajstić information content (AvgIpc) is 2.82. The molecule has 0 aliphatic heterocycles.